The Morgan fingerprint density at radius 3 is 2.61 bits per heavy atom. The second kappa shape index (κ2) is 7.48. The molecule has 8 nitrogen and oxygen atoms in total. The van der Waals surface area contributed by atoms with Crippen molar-refractivity contribution >= 4 is 24.0 Å². The number of carbonyl (C=O) groups excluding carboxylic acids is 1. The summed E-state index contributed by atoms with van der Waals surface area (Å²) in [5.41, 5.74) is 0.516. The first-order valence-electron chi connectivity index (χ1n) is 7.12. The van der Waals surface area contributed by atoms with Crippen LogP contribution >= 0.6 is 0 Å². The van der Waals surface area contributed by atoms with Crippen LogP contribution in [0.2, 0.25) is 0 Å². The van der Waals surface area contributed by atoms with E-state index in [1.807, 2.05) is 0 Å². The zero-order chi connectivity index (χ0) is 16.8. The molecular formula is C15H17N3O5. The van der Waals surface area contributed by atoms with Crippen molar-refractivity contribution in [3.8, 4) is 0 Å². The van der Waals surface area contributed by atoms with Crippen molar-refractivity contribution < 1.29 is 19.4 Å². The maximum absolute atomic E-state index is 11.6. The van der Waals surface area contributed by atoms with E-state index in [2.05, 4.69) is 14.9 Å². The van der Waals surface area contributed by atoms with Crippen LogP contribution in [0.25, 0.3) is 0 Å². The Morgan fingerprint density at radius 1 is 1.35 bits per heavy atom. The van der Waals surface area contributed by atoms with Crippen molar-refractivity contribution in [2.45, 2.75) is 18.9 Å². The molecule has 8 heteroatoms. The SMILES string of the molecule is COC(=O)c1cccc(C=NC2CCN(C(=O)O)CC2)c1N=O. The third kappa shape index (κ3) is 3.91. The molecule has 2 rings (SSSR count). The molecule has 0 bridgehead atoms. The van der Waals surface area contributed by atoms with Crippen molar-refractivity contribution in [1.82, 2.24) is 4.90 Å². The molecule has 0 aliphatic carbocycles. The lowest BCUT2D eigenvalue weighted by Gasteiger charge is -2.27. The maximum Gasteiger partial charge on any atom is 0.407 e. The molecule has 0 aromatic heterocycles. The monoisotopic (exact) mass is 319 g/mol. The minimum Gasteiger partial charge on any atom is -0.465 e. The van der Waals surface area contributed by atoms with Crippen LogP contribution in [-0.4, -0.2) is 54.5 Å². The molecule has 1 aliphatic heterocycles. The van der Waals surface area contributed by atoms with Gasteiger partial charge >= 0.3 is 12.1 Å². The van der Waals surface area contributed by atoms with Gasteiger partial charge in [0.1, 0.15) is 5.69 Å². The number of amides is 1. The highest BCUT2D eigenvalue weighted by Crippen LogP contribution is 2.24. The Labute approximate surface area is 132 Å². The van der Waals surface area contributed by atoms with E-state index in [0.29, 0.717) is 31.5 Å². The number of benzene rings is 1. The molecule has 1 aliphatic rings. The van der Waals surface area contributed by atoms with Crippen LogP contribution in [0.5, 0.6) is 0 Å². The average molecular weight is 319 g/mol. The largest absolute Gasteiger partial charge is 0.465 e. The Kier molecular flexibility index (Phi) is 5.40. The zero-order valence-electron chi connectivity index (χ0n) is 12.6. The normalized spacial score (nSPS) is 15.6. The van der Waals surface area contributed by atoms with E-state index in [4.69, 9.17) is 5.11 Å². The fraction of sp³-hybridized carbons (Fsp3) is 0.400. The number of likely N-dealkylation sites (tertiary alicyclic amines) is 1. The molecule has 122 valence electrons. The third-order valence-electron chi connectivity index (χ3n) is 3.72. The van der Waals surface area contributed by atoms with Gasteiger partial charge in [0.15, 0.2) is 0 Å². The Bertz CT molecular complexity index is 636. The molecule has 23 heavy (non-hydrogen) atoms. The molecule has 1 fully saturated rings. The third-order valence-corrected chi connectivity index (χ3v) is 3.72. The molecule has 1 N–H and O–H groups in total. The molecule has 0 radical (unpaired) electrons. The van der Waals surface area contributed by atoms with Crippen LogP contribution in [0.3, 0.4) is 0 Å². The summed E-state index contributed by atoms with van der Waals surface area (Å²) in [6.45, 7) is 0.858. The van der Waals surface area contributed by atoms with Crippen molar-refractivity contribution in [2.24, 2.45) is 10.2 Å². The molecule has 1 aromatic rings. The molecular weight excluding hydrogens is 302 g/mol. The smallest absolute Gasteiger partial charge is 0.407 e. The predicted molar refractivity (Wildman–Crippen MR) is 83.5 cm³/mol. The second-order valence-corrected chi connectivity index (χ2v) is 5.11. The van der Waals surface area contributed by atoms with Crippen LogP contribution in [-0.2, 0) is 4.74 Å². The highest BCUT2D eigenvalue weighted by molar-refractivity contribution is 6.00. The van der Waals surface area contributed by atoms with Gasteiger partial charge in [0, 0.05) is 24.9 Å². The van der Waals surface area contributed by atoms with E-state index in [1.54, 1.807) is 12.1 Å². The van der Waals surface area contributed by atoms with Gasteiger partial charge in [-0.05, 0) is 24.1 Å². The molecule has 0 unspecified atom stereocenters. The molecule has 1 heterocycles. The summed E-state index contributed by atoms with van der Waals surface area (Å²) in [7, 11) is 1.23. The van der Waals surface area contributed by atoms with Gasteiger partial charge < -0.3 is 14.7 Å². The van der Waals surface area contributed by atoms with Crippen LogP contribution in [0.15, 0.2) is 28.4 Å². The molecule has 0 spiro atoms. The summed E-state index contributed by atoms with van der Waals surface area (Å²) >= 11 is 0. The summed E-state index contributed by atoms with van der Waals surface area (Å²) < 4.78 is 4.62. The molecule has 0 saturated carbocycles. The Balaban J connectivity index is 2.13. The minimum atomic E-state index is -0.925. The van der Waals surface area contributed by atoms with Gasteiger partial charge in [0.25, 0.3) is 0 Å². The number of ether oxygens (including phenoxy) is 1. The average Bonchev–Trinajstić information content (AvgIpc) is 2.59. The van der Waals surface area contributed by atoms with Gasteiger partial charge in [0.05, 0.1) is 18.7 Å². The van der Waals surface area contributed by atoms with Crippen molar-refractivity contribution in [3.05, 3.63) is 34.2 Å². The van der Waals surface area contributed by atoms with E-state index < -0.39 is 12.1 Å². The number of carbonyl (C=O) groups is 2. The lowest BCUT2D eigenvalue weighted by Crippen LogP contribution is -2.38. The van der Waals surface area contributed by atoms with E-state index in [9.17, 15) is 14.5 Å². The summed E-state index contributed by atoms with van der Waals surface area (Å²) in [5, 5.41) is 11.8. The second-order valence-electron chi connectivity index (χ2n) is 5.11. The molecule has 0 atom stereocenters. The summed E-state index contributed by atoms with van der Waals surface area (Å²) in [6.07, 6.45) is 1.81. The van der Waals surface area contributed by atoms with Crippen molar-refractivity contribution in [2.75, 3.05) is 20.2 Å². The van der Waals surface area contributed by atoms with E-state index >= 15 is 0 Å². The molecule has 1 aromatic carbocycles. The number of nitrogens with zero attached hydrogens (tertiary/aromatic N) is 3. The molecule has 1 saturated heterocycles. The van der Waals surface area contributed by atoms with Gasteiger partial charge in [-0.15, -0.1) is 4.91 Å². The van der Waals surface area contributed by atoms with Crippen LogP contribution < -0.4 is 0 Å². The lowest BCUT2D eigenvalue weighted by molar-refractivity contribution is 0.0601. The van der Waals surface area contributed by atoms with Gasteiger partial charge in [-0.3, -0.25) is 4.99 Å². The fourth-order valence-corrected chi connectivity index (χ4v) is 2.43. The summed E-state index contributed by atoms with van der Waals surface area (Å²) in [6, 6.07) is 4.70. The van der Waals surface area contributed by atoms with E-state index in [-0.39, 0.29) is 17.3 Å². The first kappa shape index (κ1) is 16.6. The number of piperidine rings is 1. The zero-order valence-corrected chi connectivity index (χ0v) is 12.6. The fourth-order valence-electron chi connectivity index (χ4n) is 2.43. The lowest BCUT2D eigenvalue weighted by atomic mass is 10.1. The minimum absolute atomic E-state index is 0.00827. The number of hydrogen-bond acceptors (Lipinski definition) is 6. The predicted octanol–water partition coefficient (Wildman–Crippen LogP) is 2.43. The highest BCUT2D eigenvalue weighted by atomic mass is 16.5. The van der Waals surface area contributed by atoms with Crippen molar-refractivity contribution in [3.63, 3.8) is 0 Å². The van der Waals surface area contributed by atoms with Crippen molar-refractivity contribution in [1.29, 1.82) is 0 Å². The first-order valence-corrected chi connectivity index (χ1v) is 7.12. The van der Waals surface area contributed by atoms with Crippen LogP contribution in [0.1, 0.15) is 28.8 Å². The van der Waals surface area contributed by atoms with Crippen LogP contribution in [0.4, 0.5) is 10.5 Å². The number of nitroso groups, excluding NO2 is 1. The first-order chi connectivity index (χ1) is 11.1. The number of methoxy groups -OCH3 is 1. The van der Waals surface area contributed by atoms with E-state index in [0.717, 1.165) is 0 Å². The molecule has 1 amide bonds. The maximum atomic E-state index is 11.6. The Morgan fingerprint density at radius 2 is 2.04 bits per heavy atom. The number of carboxylic acid groups (broad SMARTS) is 1. The van der Waals surface area contributed by atoms with Gasteiger partial charge in [-0.1, -0.05) is 12.1 Å². The highest BCUT2D eigenvalue weighted by Gasteiger charge is 2.21. The Hall–Kier alpha value is -2.77. The van der Waals surface area contributed by atoms with Gasteiger partial charge in [-0.25, -0.2) is 9.59 Å². The topological polar surface area (TPSA) is 109 Å². The summed E-state index contributed by atoms with van der Waals surface area (Å²) in [4.78, 5) is 39.3. The number of aliphatic imine (C=N–C) groups is 1. The van der Waals surface area contributed by atoms with Crippen LogP contribution in [0, 0.1) is 4.91 Å². The summed E-state index contributed by atoms with van der Waals surface area (Å²) in [5.74, 6) is -0.635. The van der Waals surface area contributed by atoms with E-state index in [1.165, 1.54) is 24.3 Å². The number of rotatable bonds is 4. The standard InChI is InChI=1S/C15H17N3O5/c1-23-14(19)12-4-2-3-10(13(12)17-22)9-16-11-5-7-18(8-6-11)15(20)21/h2-4,9,11H,5-8H2,1H3,(H,20,21). The van der Waals surface area contributed by atoms with Gasteiger partial charge in [0.2, 0.25) is 0 Å². The number of esters is 1. The van der Waals surface area contributed by atoms with Gasteiger partial charge in [-0.2, -0.15) is 0 Å². The quantitative estimate of drug-likeness (QED) is 0.521. The number of hydrogen-bond donors (Lipinski definition) is 1.